The third-order valence-corrected chi connectivity index (χ3v) is 5.04. The third-order valence-electron chi connectivity index (χ3n) is 5.04. The zero-order valence-electron chi connectivity index (χ0n) is 12.7. The molecule has 2 saturated carbocycles. The molecule has 3 unspecified atom stereocenters. The van der Waals surface area contributed by atoms with Crippen LogP contribution in [-0.4, -0.2) is 17.0 Å². The van der Waals surface area contributed by atoms with Gasteiger partial charge in [0.15, 0.2) is 6.04 Å². The first-order chi connectivity index (χ1) is 11.1. The summed E-state index contributed by atoms with van der Waals surface area (Å²) in [5, 5.41) is 14.3. The van der Waals surface area contributed by atoms with Crippen LogP contribution >= 0.6 is 0 Å². The number of carbonyl (C=O) groups excluding carboxylic acids is 1. The molecule has 0 heterocycles. The van der Waals surface area contributed by atoms with Crippen molar-refractivity contribution in [2.45, 2.75) is 25.3 Å². The molecule has 1 amide bonds. The van der Waals surface area contributed by atoms with Crippen molar-refractivity contribution in [3.63, 3.8) is 0 Å². The van der Waals surface area contributed by atoms with Crippen molar-refractivity contribution in [3.05, 3.63) is 48.0 Å². The van der Waals surface area contributed by atoms with Gasteiger partial charge < -0.3 is 10.4 Å². The standard InChI is InChI=1S/C19H19NO3/c21-18(16-10-15(16)12-6-7-12)20-17(19(22)23)14-8-5-11-3-1-2-4-13(11)9-14/h1-5,8-9,12,15-17H,6-7,10H2,(H,20,21)(H,22,23). The largest absolute Gasteiger partial charge is 0.479 e. The Morgan fingerprint density at radius 1 is 1.09 bits per heavy atom. The first-order valence-corrected chi connectivity index (χ1v) is 8.15. The van der Waals surface area contributed by atoms with Crippen LogP contribution in [0.25, 0.3) is 10.8 Å². The lowest BCUT2D eigenvalue weighted by Gasteiger charge is -2.16. The molecule has 4 nitrogen and oxygen atoms in total. The highest BCUT2D eigenvalue weighted by atomic mass is 16.4. The van der Waals surface area contributed by atoms with Gasteiger partial charge in [0.25, 0.3) is 0 Å². The van der Waals surface area contributed by atoms with Crippen molar-refractivity contribution in [1.29, 1.82) is 0 Å². The molecule has 0 aromatic heterocycles. The van der Waals surface area contributed by atoms with Crippen molar-refractivity contribution in [1.82, 2.24) is 5.32 Å². The summed E-state index contributed by atoms with van der Waals surface area (Å²) in [7, 11) is 0. The predicted molar refractivity (Wildman–Crippen MR) is 86.8 cm³/mol. The Morgan fingerprint density at radius 3 is 2.52 bits per heavy atom. The van der Waals surface area contributed by atoms with Crippen LogP contribution in [0.3, 0.4) is 0 Å². The second kappa shape index (κ2) is 5.37. The van der Waals surface area contributed by atoms with Crippen LogP contribution in [0.15, 0.2) is 42.5 Å². The molecular weight excluding hydrogens is 290 g/mol. The minimum Gasteiger partial charge on any atom is -0.479 e. The van der Waals surface area contributed by atoms with Crippen molar-refractivity contribution in [3.8, 4) is 0 Å². The van der Waals surface area contributed by atoms with E-state index in [1.807, 2.05) is 36.4 Å². The third kappa shape index (κ3) is 2.81. The average Bonchev–Trinajstić information content (AvgIpc) is 3.43. The lowest BCUT2D eigenvalue weighted by atomic mass is 10.0. The van der Waals surface area contributed by atoms with E-state index in [9.17, 15) is 14.7 Å². The van der Waals surface area contributed by atoms with Crippen LogP contribution in [0, 0.1) is 17.8 Å². The van der Waals surface area contributed by atoms with Crippen molar-refractivity contribution in [2.24, 2.45) is 17.8 Å². The van der Waals surface area contributed by atoms with Crippen molar-refractivity contribution < 1.29 is 14.7 Å². The summed E-state index contributed by atoms with van der Waals surface area (Å²) in [6, 6.07) is 12.4. The number of benzene rings is 2. The van der Waals surface area contributed by atoms with Crippen molar-refractivity contribution >= 4 is 22.6 Å². The van der Waals surface area contributed by atoms with Gasteiger partial charge in [0.05, 0.1) is 0 Å². The molecule has 2 aliphatic carbocycles. The molecule has 4 heteroatoms. The summed E-state index contributed by atoms with van der Waals surface area (Å²) < 4.78 is 0. The molecule has 0 aliphatic heterocycles. The smallest absolute Gasteiger partial charge is 0.330 e. The van der Waals surface area contributed by atoms with E-state index in [2.05, 4.69) is 5.32 Å². The fraction of sp³-hybridized carbons (Fsp3) is 0.368. The minimum atomic E-state index is -1.02. The lowest BCUT2D eigenvalue weighted by molar-refractivity contribution is -0.142. The Hall–Kier alpha value is -2.36. The summed E-state index contributed by atoms with van der Waals surface area (Å²) in [5.41, 5.74) is 0.619. The SMILES string of the molecule is O=C(O)C(NC(=O)C1CC1C1CC1)c1ccc2ccccc2c1. The fourth-order valence-corrected chi connectivity index (χ4v) is 3.49. The maximum Gasteiger partial charge on any atom is 0.330 e. The van der Waals surface area contributed by atoms with E-state index in [4.69, 9.17) is 0 Å². The van der Waals surface area contributed by atoms with E-state index in [0.29, 0.717) is 17.4 Å². The number of fused-ring (bicyclic) bond motifs is 1. The quantitative estimate of drug-likeness (QED) is 0.891. The molecule has 0 saturated heterocycles. The van der Waals surface area contributed by atoms with Gasteiger partial charge in [-0.1, -0.05) is 36.4 Å². The summed E-state index contributed by atoms with van der Waals surface area (Å²) >= 11 is 0. The molecule has 4 rings (SSSR count). The van der Waals surface area contributed by atoms with E-state index in [0.717, 1.165) is 17.2 Å². The van der Waals surface area contributed by atoms with Gasteiger partial charge in [0, 0.05) is 5.92 Å². The first-order valence-electron chi connectivity index (χ1n) is 8.15. The highest BCUT2D eigenvalue weighted by Gasteiger charge is 2.51. The van der Waals surface area contributed by atoms with E-state index in [1.54, 1.807) is 6.07 Å². The van der Waals surface area contributed by atoms with Gasteiger partial charge in [-0.3, -0.25) is 4.79 Å². The van der Waals surface area contributed by atoms with Gasteiger partial charge >= 0.3 is 5.97 Å². The molecule has 2 aromatic carbocycles. The second-order valence-electron chi connectivity index (χ2n) is 6.73. The van der Waals surface area contributed by atoms with E-state index >= 15 is 0 Å². The number of carboxylic acid groups (broad SMARTS) is 1. The number of rotatable bonds is 5. The number of carbonyl (C=O) groups is 2. The monoisotopic (exact) mass is 309 g/mol. The minimum absolute atomic E-state index is 0.0183. The lowest BCUT2D eigenvalue weighted by Crippen LogP contribution is -2.35. The number of nitrogens with one attached hydrogen (secondary N) is 1. The van der Waals surface area contributed by atoms with Crippen LogP contribution in [0.5, 0.6) is 0 Å². The first kappa shape index (κ1) is 14.2. The Kier molecular flexibility index (Phi) is 3.33. The number of hydrogen-bond donors (Lipinski definition) is 2. The molecule has 2 fully saturated rings. The summed E-state index contributed by atoms with van der Waals surface area (Å²) in [6.07, 6.45) is 3.36. The van der Waals surface area contributed by atoms with Crippen LogP contribution in [0.4, 0.5) is 0 Å². The Morgan fingerprint density at radius 2 is 1.83 bits per heavy atom. The van der Waals surface area contributed by atoms with Crippen LogP contribution in [0.1, 0.15) is 30.9 Å². The van der Waals surface area contributed by atoms with Crippen LogP contribution in [0.2, 0.25) is 0 Å². The molecule has 118 valence electrons. The zero-order chi connectivity index (χ0) is 16.0. The normalized spacial score (nSPS) is 24.2. The number of amides is 1. The van der Waals surface area contributed by atoms with Gasteiger partial charge in [-0.05, 0) is 53.5 Å². The molecule has 2 aromatic rings. The molecule has 23 heavy (non-hydrogen) atoms. The number of aliphatic carboxylic acids is 1. The summed E-state index contributed by atoms with van der Waals surface area (Å²) in [4.78, 5) is 24.0. The number of hydrogen-bond acceptors (Lipinski definition) is 2. The maximum atomic E-state index is 12.3. The van der Waals surface area contributed by atoms with Crippen LogP contribution in [-0.2, 0) is 9.59 Å². The zero-order valence-corrected chi connectivity index (χ0v) is 12.7. The van der Waals surface area contributed by atoms with Crippen LogP contribution < -0.4 is 5.32 Å². The second-order valence-corrected chi connectivity index (χ2v) is 6.73. The molecule has 3 atom stereocenters. The molecule has 0 spiro atoms. The Balaban J connectivity index is 1.54. The summed E-state index contributed by atoms with van der Waals surface area (Å²) in [5.74, 6) is 0.0836. The van der Waals surface area contributed by atoms with Gasteiger partial charge in [0.2, 0.25) is 5.91 Å². The van der Waals surface area contributed by atoms with E-state index in [-0.39, 0.29) is 11.8 Å². The number of carboxylic acids is 1. The molecule has 2 N–H and O–H groups in total. The molecule has 2 aliphatic rings. The van der Waals surface area contributed by atoms with Gasteiger partial charge in [-0.25, -0.2) is 4.79 Å². The summed E-state index contributed by atoms with van der Waals surface area (Å²) in [6.45, 7) is 0. The Bertz CT molecular complexity index is 781. The topological polar surface area (TPSA) is 66.4 Å². The Labute approximate surface area is 134 Å². The molecular formula is C19H19NO3. The van der Waals surface area contributed by atoms with E-state index in [1.165, 1.54) is 12.8 Å². The van der Waals surface area contributed by atoms with Gasteiger partial charge in [0.1, 0.15) is 0 Å². The molecule has 0 radical (unpaired) electrons. The van der Waals surface area contributed by atoms with Gasteiger partial charge in [-0.2, -0.15) is 0 Å². The fourth-order valence-electron chi connectivity index (χ4n) is 3.49. The predicted octanol–water partition coefficient (Wildman–Crippen LogP) is 3.13. The molecule has 0 bridgehead atoms. The van der Waals surface area contributed by atoms with E-state index < -0.39 is 12.0 Å². The average molecular weight is 309 g/mol. The van der Waals surface area contributed by atoms with Gasteiger partial charge in [-0.15, -0.1) is 0 Å². The highest BCUT2D eigenvalue weighted by Crippen LogP contribution is 2.54. The maximum absolute atomic E-state index is 12.3. The van der Waals surface area contributed by atoms with Crippen molar-refractivity contribution in [2.75, 3.05) is 0 Å². The highest BCUT2D eigenvalue weighted by molar-refractivity contribution is 5.89.